The van der Waals surface area contributed by atoms with Crippen LogP contribution in [0.2, 0.25) is 5.02 Å². The van der Waals surface area contributed by atoms with Crippen LogP contribution in [0.5, 0.6) is 11.5 Å². The lowest BCUT2D eigenvalue weighted by Gasteiger charge is -2.18. The first kappa shape index (κ1) is 20.5. The van der Waals surface area contributed by atoms with Gasteiger partial charge < -0.3 is 13.9 Å². The Morgan fingerprint density at radius 2 is 1.90 bits per heavy atom. The number of amides is 1. The number of hydrogen-bond donors (Lipinski definition) is 0. The normalized spacial score (nSPS) is 15.2. The summed E-state index contributed by atoms with van der Waals surface area (Å²) in [4.78, 5) is 15.0. The van der Waals surface area contributed by atoms with Crippen molar-refractivity contribution in [3.63, 3.8) is 0 Å². The monoisotopic (exact) mass is 457 g/mol. The van der Waals surface area contributed by atoms with Crippen molar-refractivity contribution in [1.82, 2.24) is 0 Å². The number of nitrogens with zero attached hydrogens (tertiary/aromatic N) is 1. The van der Waals surface area contributed by atoms with Crippen molar-refractivity contribution in [3.05, 3.63) is 70.3 Å². The molecule has 1 amide bonds. The molecular weight excluding hydrogens is 442 g/mol. The minimum Gasteiger partial charge on any atom is -0.497 e. The maximum absolute atomic E-state index is 13.1. The number of benzene rings is 2. The highest BCUT2D eigenvalue weighted by molar-refractivity contribution is 8.27. The molecule has 2 aromatic carbocycles. The van der Waals surface area contributed by atoms with E-state index >= 15 is 0 Å². The third-order valence-electron chi connectivity index (χ3n) is 4.46. The zero-order chi connectivity index (χ0) is 21.3. The molecule has 1 fully saturated rings. The van der Waals surface area contributed by atoms with Crippen molar-refractivity contribution in [1.29, 1.82) is 0 Å². The molecule has 0 N–H and O–H groups in total. The van der Waals surface area contributed by atoms with Crippen molar-refractivity contribution in [2.45, 2.75) is 0 Å². The molecule has 5 nitrogen and oxygen atoms in total. The zero-order valence-corrected chi connectivity index (χ0v) is 18.4. The Labute approximate surface area is 188 Å². The Hall–Kier alpha value is -2.74. The lowest BCUT2D eigenvalue weighted by Crippen LogP contribution is -2.27. The average Bonchev–Trinajstić information content (AvgIpc) is 3.32. The number of thiocarbonyl (C=S) groups is 1. The molecule has 3 aromatic rings. The highest BCUT2D eigenvalue weighted by Crippen LogP contribution is 2.41. The van der Waals surface area contributed by atoms with Gasteiger partial charge in [0.05, 0.1) is 29.8 Å². The second-order valence-electron chi connectivity index (χ2n) is 6.24. The summed E-state index contributed by atoms with van der Waals surface area (Å²) in [6.45, 7) is 0. The van der Waals surface area contributed by atoms with Crippen molar-refractivity contribution in [2.75, 3.05) is 19.1 Å². The van der Waals surface area contributed by atoms with Gasteiger partial charge in [0, 0.05) is 17.7 Å². The minimum absolute atomic E-state index is 0.246. The summed E-state index contributed by atoms with van der Waals surface area (Å²) in [5.74, 6) is 2.03. The van der Waals surface area contributed by atoms with E-state index in [1.807, 2.05) is 24.3 Å². The van der Waals surface area contributed by atoms with Gasteiger partial charge in [-0.3, -0.25) is 9.69 Å². The molecule has 0 saturated carbocycles. The molecule has 1 saturated heterocycles. The first-order chi connectivity index (χ1) is 14.5. The topological polar surface area (TPSA) is 51.9 Å². The van der Waals surface area contributed by atoms with E-state index in [2.05, 4.69) is 0 Å². The molecule has 2 heterocycles. The molecule has 0 spiro atoms. The Morgan fingerprint density at radius 3 is 2.63 bits per heavy atom. The van der Waals surface area contributed by atoms with Gasteiger partial charge in [-0.05, 0) is 36.4 Å². The van der Waals surface area contributed by atoms with E-state index in [-0.39, 0.29) is 5.91 Å². The maximum Gasteiger partial charge on any atom is 0.271 e. The van der Waals surface area contributed by atoms with Gasteiger partial charge in [-0.15, -0.1) is 0 Å². The highest BCUT2D eigenvalue weighted by atomic mass is 35.5. The molecule has 0 atom stereocenters. The number of furan rings is 1. The summed E-state index contributed by atoms with van der Waals surface area (Å²) >= 11 is 12.9. The number of carbonyl (C=O) groups excluding carboxylic acids is 1. The van der Waals surface area contributed by atoms with E-state index in [0.717, 1.165) is 5.56 Å². The van der Waals surface area contributed by atoms with Gasteiger partial charge in [0.15, 0.2) is 4.32 Å². The molecule has 1 aromatic heterocycles. The summed E-state index contributed by atoms with van der Waals surface area (Å²) in [5, 5.41) is 0.594. The van der Waals surface area contributed by atoms with Crippen LogP contribution >= 0.6 is 35.6 Å². The first-order valence-corrected chi connectivity index (χ1v) is 10.5. The van der Waals surface area contributed by atoms with Crippen LogP contribution < -0.4 is 14.4 Å². The van der Waals surface area contributed by atoms with Crippen LogP contribution in [-0.4, -0.2) is 24.4 Å². The predicted molar refractivity (Wildman–Crippen MR) is 124 cm³/mol. The number of rotatable bonds is 5. The Kier molecular flexibility index (Phi) is 5.85. The van der Waals surface area contributed by atoms with Crippen LogP contribution in [0.15, 0.2) is 63.9 Å². The predicted octanol–water partition coefficient (Wildman–Crippen LogP) is 6.02. The second kappa shape index (κ2) is 8.55. The smallest absolute Gasteiger partial charge is 0.271 e. The summed E-state index contributed by atoms with van der Waals surface area (Å²) < 4.78 is 16.9. The van der Waals surface area contributed by atoms with Crippen molar-refractivity contribution in [2.24, 2.45) is 0 Å². The molecule has 0 unspecified atom stereocenters. The fourth-order valence-corrected chi connectivity index (χ4v) is 4.50. The summed E-state index contributed by atoms with van der Waals surface area (Å²) in [5.41, 5.74) is 1.34. The van der Waals surface area contributed by atoms with Gasteiger partial charge >= 0.3 is 0 Å². The number of hydrogen-bond acceptors (Lipinski definition) is 6. The van der Waals surface area contributed by atoms with Crippen molar-refractivity contribution < 1.29 is 18.7 Å². The van der Waals surface area contributed by atoms with Gasteiger partial charge in [0.1, 0.15) is 23.0 Å². The molecule has 30 heavy (non-hydrogen) atoms. The number of methoxy groups -OCH3 is 2. The zero-order valence-electron chi connectivity index (χ0n) is 16.0. The lowest BCUT2D eigenvalue weighted by atomic mass is 10.2. The van der Waals surface area contributed by atoms with Gasteiger partial charge in [-0.25, -0.2) is 0 Å². The third kappa shape index (κ3) is 3.84. The molecule has 8 heteroatoms. The fraction of sp³-hybridized carbons (Fsp3) is 0.0909. The fourth-order valence-electron chi connectivity index (χ4n) is 3.01. The summed E-state index contributed by atoms with van der Waals surface area (Å²) in [6, 6.07) is 16.2. The summed E-state index contributed by atoms with van der Waals surface area (Å²) in [6.07, 6.45) is 1.68. The van der Waals surface area contributed by atoms with Crippen LogP contribution in [-0.2, 0) is 4.79 Å². The standard InChI is InChI=1S/C22H16ClNO4S2/c1-26-13-7-9-17(19(11-13)27-2)24-21(25)20(30-22(24)29)12-14-8-10-18(28-14)15-5-3-4-6-16(15)23/h3-12H,1-2H3. The van der Waals surface area contributed by atoms with Gasteiger partial charge in [-0.1, -0.05) is 47.7 Å². The average molecular weight is 458 g/mol. The molecule has 152 valence electrons. The number of ether oxygens (including phenoxy) is 2. The molecular formula is C22H16ClNO4S2. The van der Waals surface area contributed by atoms with E-state index < -0.39 is 0 Å². The Bertz CT molecular complexity index is 1170. The minimum atomic E-state index is -0.246. The number of anilines is 1. The first-order valence-electron chi connectivity index (χ1n) is 8.86. The SMILES string of the molecule is COc1ccc(N2C(=O)C(=Cc3ccc(-c4ccccc4Cl)o3)SC2=S)c(OC)c1. The largest absolute Gasteiger partial charge is 0.497 e. The van der Waals surface area contributed by atoms with Crippen LogP contribution in [0.4, 0.5) is 5.69 Å². The third-order valence-corrected chi connectivity index (χ3v) is 6.09. The maximum atomic E-state index is 13.1. The van der Waals surface area contributed by atoms with E-state index in [1.165, 1.54) is 23.8 Å². The number of carbonyl (C=O) groups is 1. The Morgan fingerprint density at radius 1 is 1.10 bits per heavy atom. The highest BCUT2D eigenvalue weighted by Gasteiger charge is 2.35. The lowest BCUT2D eigenvalue weighted by molar-refractivity contribution is -0.113. The molecule has 0 bridgehead atoms. The molecule has 1 aliphatic rings. The Balaban J connectivity index is 1.64. The van der Waals surface area contributed by atoms with Crippen LogP contribution in [0.25, 0.3) is 17.4 Å². The molecule has 0 radical (unpaired) electrons. The van der Waals surface area contributed by atoms with Gasteiger partial charge in [0.2, 0.25) is 0 Å². The van der Waals surface area contributed by atoms with E-state index in [9.17, 15) is 4.79 Å². The number of thioether (sulfide) groups is 1. The van der Waals surface area contributed by atoms with E-state index in [0.29, 0.717) is 43.0 Å². The van der Waals surface area contributed by atoms with Crippen molar-refractivity contribution >= 4 is 57.6 Å². The second-order valence-corrected chi connectivity index (χ2v) is 8.32. The van der Waals surface area contributed by atoms with Gasteiger partial charge in [0.25, 0.3) is 5.91 Å². The quantitative estimate of drug-likeness (QED) is 0.345. The van der Waals surface area contributed by atoms with Crippen molar-refractivity contribution in [3.8, 4) is 22.8 Å². The van der Waals surface area contributed by atoms with Crippen LogP contribution in [0.1, 0.15) is 5.76 Å². The van der Waals surface area contributed by atoms with Gasteiger partial charge in [-0.2, -0.15) is 0 Å². The van der Waals surface area contributed by atoms with Crippen LogP contribution in [0.3, 0.4) is 0 Å². The molecule has 4 rings (SSSR count). The molecule has 1 aliphatic heterocycles. The molecule has 0 aliphatic carbocycles. The van der Waals surface area contributed by atoms with E-state index in [4.69, 9.17) is 37.7 Å². The summed E-state index contributed by atoms with van der Waals surface area (Å²) in [7, 11) is 3.10. The van der Waals surface area contributed by atoms with E-state index in [1.54, 1.807) is 43.5 Å². The van der Waals surface area contributed by atoms with Crippen LogP contribution in [0, 0.1) is 0 Å². The number of halogens is 1.